The van der Waals surface area contributed by atoms with Crippen LogP contribution >= 0.6 is 0 Å². The SMILES string of the molecule is CC(C)CC(C(=O)NC(C)C(N)=O)N1CC(NC(=O)C(NC(=O)C(NC(=O)C(Cc2ccc(O)cc2)NC(=O)C(N)CCCN=C(N)N)C(C)O)C(C)C)CC1=O. The van der Waals surface area contributed by atoms with E-state index in [1.165, 1.54) is 30.9 Å². The molecule has 1 aromatic rings. The zero-order valence-electron chi connectivity index (χ0n) is 33.5. The maximum atomic E-state index is 13.7. The molecule has 1 heterocycles. The molecule has 57 heavy (non-hydrogen) atoms. The van der Waals surface area contributed by atoms with Crippen LogP contribution in [0.1, 0.15) is 72.8 Å². The lowest BCUT2D eigenvalue weighted by Gasteiger charge is -2.30. The molecule has 20 nitrogen and oxygen atoms in total. The second-order valence-electron chi connectivity index (χ2n) is 15.2. The number of primary amides is 1. The maximum absolute atomic E-state index is 13.7. The van der Waals surface area contributed by atoms with E-state index in [1.54, 1.807) is 26.0 Å². The average Bonchev–Trinajstić information content (AvgIpc) is 3.48. The molecule has 1 aliphatic heterocycles. The van der Waals surface area contributed by atoms with Gasteiger partial charge in [0.25, 0.3) is 0 Å². The van der Waals surface area contributed by atoms with Gasteiger partial charge in [-0.2, -0.15) is 0 Å². The topological polar surface area (TPSA) is 340 Å². The van der Waals surface area contributed by atoms with Crippen LogP contribution in [-0.2, 0) is 40.0 Å². The van der Waals surface area contributed by atoms with Gasteiger partial charge >= 0.3 is 0 Å². The van der Waals surface area contributed by atoms with Crippen molar-refractivity contribution in [1.29, 1.82) is 0 Å². The molecule has 20 heteroatoms. The Kier molecular flexibility index (Phi) is 18.6. The Bertz CT molecular complexity index is 1600. The largest absolute Gasteiger partial charge is 0.508 e. The first-order valence-electron chi connectivity index (χ1n) is 19.0. The van der Waals surface area contributed by atoms with Crippen LogP contribution in [0.5, 0.6) is 5.75 Å². The van der Waals surface area contributed by atoms with Crippen molar-refractivity contribution in [2.75, 3.05) is 13.1 Å². The number of guanidine groups is 1. The van der Waals surface area contributed by atoms with Gasteiger partial charge in [0, 0.05) is 25.9 Å². The minimum atomic E-state index is -1.58. The summed E-state index contributed by atoms with van der Waals surface area (Å²) in [5.74, 6) is -5.38. The van der Waals surface area contributed by atoms with Crippen LogP contribution in [0.2, 0.25) is 0 Å². The van der Waals surface area contributed by atoms with Crippen molar-refractivity contribution in [2.24, 2.45) is 39.8 Å². The van der Waals surface area contributed by atoms with Crippen LogP contribution in [0.3, 0.4) is 0 Å². The predicted molar refractivity (Wildman–Crippen MR) is 210 cm³/mol. The molecular weight excluding hydrogens is 742 g/mol. The van der Waals surface area contributed by atoms with E-state index in [0.29, 0.717) is 12.0 Å². The number of benzene rings is 1. The lowest BCUT2D eigenvalue weighted by Crippen LogP contribution is -2.61. The van der Waals surface area contributed by atoms with Gasteiger partial charge in [-0.25, -0.2) is 0 Å². The van der Waals surface area contributed by atoms with E-state index in [0.717, 1.165) is 0 Å². The Balaban J connectivity index is 2.20. The zero-order chi connectivity index (χ0) is 43.1. The predicted octanol–water partition coefficient (Wildman–Crippen LogP) is -3.07. The summed E-state index contributed by atoms with van der Waals surface area (Å²) < 4.78 is 0. The molecule has 0 saturated carbocycles. The fraction of sp³-hybridized carbons (Fsp3) is 0.622. The van der Waals surface area contributed by atoms with Crippen LogP contribution in [0, 0.1) is 11.8 Å². The minimum absolute atomic E-state index is 0.00113. The van der Waals surface area contributed by atoms with Gasteiger partial charge in [0.2, 0.25) is 41.4 Å². The van der Waals surface area contributed by atoms with E-state index >= 15 is 0 Å². The number of carbonyl (C=O) groups is 7. The molecule has 0 spiro atoms. The molecule has 1 aromatic carbocycles. The van der Waals surface area contributed by atoms with Crippen LogP contribution in [0.15, 0.2) is 29.3 Å². The summed E-state index contributed by atoms with van der Waals surface area (Å²) in [7, 11) is 0. The van der Waals surface area contributed by atoms with E-state index in [-0.39, 0.29) is 56.4 Å². The number of phenols is 1. The number of aromatic hydroxyl groups is 1. The van der Waals surface area contributed by atoms with Crippen LogP contribution in [0.25, 0.3) is 0 Å². The number of aliphatic hydroxyl groups is 1. The first kappa shape index (κ1) is 47.7. The lowest BCUT2D eigenvalue weighted by molar-refractivity contribution is -0.139. The van der Waals surface area contributed by atoms with Gasteiger partial charge in [-0.15, -0.1) is 0 Å². The van der Waals surface area contributed by atoms with E-state index in [9.17, 15) is 43.8 Å². The molecule has 0 aromatic heterocycles. The van der Waals surface area contributed by atoms with Crippen molar-refractivity contribution in [3.8, 4) is 5.75 Å². The van der Waals surface area contributed by atoms with Gasteiger partial charge in [-0.05, 0) is 62.6 Å². The highest BCUT2D eigenvalue weighted by molar-refractivity contribution is 5.96. The maximum Gasteiger partial charge on any atom is 0.245 e. The number of nitrogens with two attached hydrogens (primary N) is 4. The number of nitrogens with one attached hydrogen (secondary N) is 5. The number of phenolic OH excluding ortho intramolecular Hbond substituents is 1. The first-order chi connectivity index (χ1) is 26.6. The number of amides is 7. The molecule has 1 fully saturated rings. The van der Waals surface area contributed by atoms with Gasteiger partial charge in [-0.1, -0.05) is 39.8 Å². The fourth-order valence-electron chi connectivity index (χ4n) is 6.07. The molecule has 2 rings (SSSR count). The number of hydrogen-bond donors (Lipinski definition) is 11. The van der Waals surface area contributed by atoms with Crippen molar-refractivity contribution in [3.05, 3.63) is 29.8 Å². The molecule has 8 unspecified atom stereocenters. The molecule has 0 radical (unpaired) electrons. The third-order valence-electron chi connectivity index (χ3n) is 9.29. The molecule has 0 aliphatic carbocycles. The van der Waals surface area contributed by atoms with Crippen LogP contribution in [-0.4, -0.2) is 124 Å². The van der Waals surface area contributed by atoms with Gasteiger partial charge in [-0.3, -0.25) is 38.6 Å². The number of aliphatic imine (C=N–C) groups is 1. The Hall–Kier alpha value is -5.50. The van der Waals surface area contributed by atoms with Crippen LogP contribution < -0.4 is 49.5 Å². The van der Waals surface area contributed by atoms with Crippen molar-refractivity contribution >= 4 is 47.3 Å². The summed E-state index contributed by atoms with van der Waals surface area (Å²) in [6.45, 7) is 9.99. The van der Waals surface area contributed by atoms with E-state index in [4.69, 9.17) is 22.9 Å². The highest BCUT2D eigenvalue weighted by Crippen LogP contribution is 2.21. The third kappa shape index (κ3) is 15.5. The van der Waals surface area contributed by atoms with E-state index in [1.807, 2.05) is 13.8 Å². The normalized spacial score (nSPS) is 17.7. The number of aliphatic hydroxyl groups excluding tert-OH is 1. The van der Waals surface area contributed by atoms with Crippen molar-refractivity contribution in [1.82, 2.24) is 31.5 Å². The van der Waals surface area contributed by atoms with Crippen LogP contribution in [0.4, 0.5) is 0 Å². The molecule has 15 N–H and O–H groups in total. The molecule has 8 atom stereocenters. The molecule has 0 bridgehead atoms. The highest BCUT2D eigenvalue weighted by Gasteiger charge is 2.40. The van der Waals surface area contributed by atoms with Gasteiger partial charge in [0.15, 0.2) is 5.96 Å². The van der Waals surface area contributed by atoms with E-state index < -0.39 is 95.7 Å². The molecule has 318 valence electrons. The van der Waals surface area contributed by atoms with Crippen molar-refractivity contribution < 1.29 is 43.8 Å². The second-order valence-corrected chi connectivity index (χ2v) is 15.2. The Morgan fingerprint density at radius 2 is 1.46 bits per heavy atom. The van der Waals surface area contributed by atoms with Crippen molar-refractivity contribution in [3.63, 3.8) is 0 Å². The van der Waals surface area contributed by atoms with E-state index in [2.05, 4.69) is 31.6 Å². The summed E-state index contributed by atoms with van der Waals surface area (Å²) in [5.41, 5.74) is 22.6. The summed E-state index contributed by atoms with van der Waals surface area (Å²) in [6.07, 6.45) is -0.824. The van der Waals surface area contributed by atoms with Gasteiger partial charge in [0.1, 0.15) is 36.0 Å². The standard InChI is InChI=1S/C37H61N11O9/c1-18(2)14-27(34(55)43-20(5)31(39)52)48-17-23(16-28(48)51)44-35(56)29(19(3)4)46-36(57)30(21(6)49)47-33(54)26(15-22-9-11-24(50)12-10-22)45-32(53)25(38)8-7-13-42-37(40)41/h9-12,18-21,23,25-27,29-30,49-50H,7-8,13-17,38H2,1-6H3,(H2,39,52)(H,43,55)(H,44,56)(H,45,53)(H,46,57)(H,47,54)(H4,40,41,42). The molecule has 1 aliphatic rings. The third-order valence-corrected chi connectivity index (χ3v) is 9.29. The average molecular weight is 804 g/mol. The van der Waals surface area contributed by atoms with Gasteiger partial charge < -0.3 is 64.6 Å². The summed E-state index contributed by atoms with van der Waals surface area (Å²) >= 11 is 0. The number of carbonyl (C=O) groups excluding carboxylic acids is 7. The molecular formula is C37H61N11O9. The van der Waals surface area contributed by atoms with Crippen molar-refractivity contribution in [2.45, 2.75) is 122 Å². The Morgan fingerprint density at radius 3 is 2.00 bits per heavy atom. The fourth-order valence-corrected chi connectivity index (χ4v) is 6.07. The first-order valence-corrected chi connectivity index (χ1v) is 19.0. The molecule has 1 saturated heterocycles. The van der Waals surface area contributed by atoms with Gasteiger partial charge in [0.05, 0.1) is 18.2 Å². The summed E-state index contributed by atoms with van der Waals surface area (Å²) in [5, 5.41) is 33.4. The monoisotopic (exact) mass is 803 g/mol. The Morgan fingerprint density at radius 1 is 0.842 bits per heavy atom. The zero-order valence-corrected chi connectivity index (χ0v) is 33.5. The smallest absolute Gasteiger partial charge is 0.245 e. The second kappa shape index (κ2) is 22.3. The summed E-state index contributed by atoms with van der Waals surface area (Å²) in [4.78, 5) is 97.1. The minimum Gasteiger partial charge on any atom is -0.508 e. The summed E-state index contributed by atoms with van der Waals surface area (Å²) in [6, 6.07) is -1.82. The quantitative estimate of drug-likeness (QED) is 0.0316. The number of rotatable bonds is 22. The lowest BCUT2D eigenvalue weighted by atomic mass is 10.0. The molecule has 7 amide bonds. The number of nitrogens with zero attached hydrogens (tertiary/aromatic N) is 2. The Labute approximate surface area is 332 Å². The highest BCUT2D eigenvalue weighted by atomic mass is 16.3. The number of hydrogen-bond acceptors (Lipinski definition) is 11. The number of likely N-dealkylation sites (tertiary alicyclic amines) is 1.